The maximum atomic E-state index is 4.95. The van der Waals surface area contributed by atoms with Crippen LogP contribution in [-0.4, -0.2) is 28.7 Å². The lowest BCUT2D eigenvalue weighted by Crippen LogP contribution is -2.00. The van der Waals surface area contributed by atoms with Crippen LogP contribution in [0.2, 0.25) is 0 Å². The van der Waals surface area contributed by atoms with E-state index in [4.69, 9.17) is 4.74 Å². The Kier molecular flexibility index (Phi) is 5.00. The molecule has 1 rings (SSSR count). The predicted molar refractivity (Wildman–Crippen MR) is 53.8 cm³/mol. The van der Waals surface area contributed by atoms with Crippen LogP contribution in [0.3, 0.4) is 0 Å². The zero-order valence-corrected chi connectivity index (χ0v) is 9.33. The summed E-state index contributed by atoms with van der Waals surface area (Å²) >= 11 is 3.33. The summed E-state index contributed by atoms with van der Waals surface area (Å²) in [6.45, 7) is 1.74. The van der Waals surface area contributed by atoms with Gasteiger partial charge in [0.25, 0.3) is 0 Å². The quantitative estimate of drug-likeness (QED) is 0.567. The van der Waals surface area contributed by atoms with Crippen molar-refractivity contribution >= 4 is 15.9 Å². The van der Waals surface area contributed by atoms with Crippen LogP contribution in [0.15, 0.2) is 6.20 Å². The lowest BCUT2D eigenvalue weighted by Gasteiger charge is -1.99. The molecular weight excluding hydrogens is 234 g/mol. The Balaban J connectivity index is 2.20. The number of methoxy groups -OCH3 is 1. The van der Waals surface area contributed by atoms with Gasteiger partial charge in [-0.05, 0) is 12.8 Å². The van der Waals surface area contributed by atoms with Crippen molar-refractivity contribution in [1.82, 2.24) is 15.0 Å². The maximum Gasteiger partial charge on any atom is 0.0932 e. The molecule has 0 spiro atoms. The molecule has 5 heteroatoms. The minimum atomic E-state index is 0.769. The molecule has 0 aliphatic carbocycles. The Hall–Kier alpha value is -0.420. The first-order valence-electron chi connectivity index (χ1n) is 4.30. The van der Waals surface area contributed by atoms with E-state index in [1.54, 1.807) is 7.11 Å². The lowest BCUT2D eigenvalue weighted by atomic mass is 10.3. The van der Waals surface area contributed by atoms with Crippen LogP contribution >= 0.6 is 15.9 Å². The van der Waals surface area contributed by atoms with Crippen molar-refractivity contribution in [1.29, 1.82) is 0 Å². The van der Waals surface area contributed by atoms with Crippen molar-refractivity contribution in [2.45, 2.75) is 24.7 Å². The predicted octanol–water partition coefficient (Wildman–Crippen LogP) is 1.60. The fourth-order valence-corrected chi connectivity index (χ4v) is 1.29. The normalized spacial score (nSPS) is 10.6. The molecule has 0 saturated heterocycles. The van der Waals surface area contributed by atoms with Gasteiger partial charge in [0.05, 0.1) is 5.69 Å². The molecule has 0 saturated carbocycles. The first-order valence-corrected chi connectivity index (χ1v) is 5.43. The third-order valence-corrected chi connectivity index (χ3v) is 2.28. The first kappa shape index (κ1) is 10.7. The van der Waals surface area contributed by atoms with Crippen molar-refractivity contribution in [2.24, 2.45) is 0 Å². The molecule has 1 aromatic heterocycles. The first-order chi connectivity index (χ1) is 6.36. The molecule has 0 aliphatic heterocycles. The summed E-state index contributed by atoms with van der Waals surface area (Å²) in [7, 11) is 1.72. The van der Waals surface area contributed by atoms with Gasteiger partial charge in [0.1, 0.15) is 0 Å². The van der Waals surface area contributed by atoms with E-state index >= 15 is 0 Å². The number of hydrogen-bond acceptors (Lipinski definition) is 3. The van der Waals surface area contributed by atoms with Crippen LogP contribution in [0, 0.1) is 0 Å². The van der Waals surface area contributed by atoms with Crippen LogP contribution in [-0.2, 0) is 16.6 Å². The van der Waals surface area contributed by atoms with Gasteiger partial charge in [-0.2, -0.15) is 0 Å². The van der Waals surface area contributed by atoms with Crippen molar-refractivity contribution in [3.8, 4) is 0 Å². The monoisotopic (exact) mass is 247 g/mol. The minimum absolute atomic E-state index is 0.769. The van der Waals surface area contributed by atoms with E-state index in [2.05, 4.69) is 26.2 Å². The molecule has 74 valence electrons. The number of alkyl halides is 1. The molecule has 0 bridgehead atoms. The fraction of sp³-hybridized carbons (Fsp3) is 0.750. The highest BCUT2D eigenvalue weighted by atomic mass is 79.9. The summed E-state index contributed by atoms with van der Waals surface area (Å²) in [6.07, 6.45) is 4.11. The molecule has 1 aromatic rings. The van der Waals surface area contributed by atoms with Gasteiger partial charge in [-0.15, -0.1) is 5.10 Å². The van der Waals surface area contributed by atoms with E-state index < -0.39 is 0 Å². The Morgan fingerprint density at radius 1 is 1.54 bits per heavy atom. The van der Waals surface area contributed by atoms with Gasteiger partial charge >= 0.3 is 0 Å². The zero-order valence-electron chi connectivity index (χ0n) is 7.74. The average molecular weight is 248 g/mol. The summed E-state index contributed by atoms with van der Waals surface area (Å²) < 4.78 is 6.82. The second-order valence-electron chi connectivity index (χ2n) is 2.81. The Bertz CT molecular complexity index is 239. The number of unbranched alkanes of at least 4 members (excludes halogenated alkanes) is 1. The molecule has 0 fully saturated rings. The van der Waals surface area contributed by atoms with Gasteiger partial charge in [0.15, 0.2) is 0 Å². The van der Waals surface area contributed by atoms with Crippen LogP contribution < -0.4 is 0 Å². The SMILES string of the molecule is COCCCCn1cc(CBr)nn1. The molecule has 0 aromatic carbocycles. The molecule has 0 N–H and O–H groups in total. The number of nitrogens with zero attached hydrogens (tertiary/aromatic N) is 3. The van der Waals surface area contributed by atoms with Gasteiger partial charge in [0, 0.05) is 31.8 Å². The summed E-state index contributed by atoms with van der Waals surface area (Å²) in [5.41, 5.74) is 0.978. The Morgan fingerprint density at radius 2 is 2.38 bits per heavy atom. The standard InChI is InChI=1S/C8H14BrN3O/c1-13-5-3-2-4-12-7-8(6-9)10-11-12/h7H,2-6H2,1H3. The summed E-state index contributed by atoms with van der Waals surface area (Å²) in [4.78, 5) is 0. The van der Waals surface area contributed by atoms with Crippen LogP contribution in [0.5, 0.6) is 0 Å². The fourth-order valence-electron chi connectivity index (χ4n) is 1.03. The van der Waals surface area contributed by atoms with Crippen molar-refractivity contribution in [2.75, 3.05) is 13.7 Å². The smallest absolute Gasteiger partial charge is 0.0932 e. The third-order valence-electron chi connectivity index (χ3n) is 1.71. The van der Waals surface area contributed by atoms with Crippen molar-refractivity contribution in [3.05, 3.63) is 11.9 Å². The summed E-state index contributed by atoms with van der Waals surface area (Å²) in [5.74, 6) is 0. The summed E-state index contributed by atoms with van der Waals surface area (Å²) in [6, 6.07) is 0. The minimum Gasteiger partial charge on any atom is -0.385 e. The Morgan fingerprint density at radius 3 is 3.00 bits per heavy atom. The van der Waals surface area contributed by atoms with Gasteiger partial charge in [-0.25, -0.2) is 0 Å². The number of ether oxygens (including phenoxy) is 1. The van der Waals surface area contributed by atoms with Gasteiger partial charge in [-0.1, -0.05) is 21.1 Å². The molecule has 0 atom stereocenters. The highest BCUT2D eigenvalue weighted by Gasteiger charge is 1.97. The zero-order chi connectivity index (χ0) is 9.52. The third kappa shape index (κ3) is 3.87. The number of halogens is 1. The van der Waals surface area contributed by atoms with Crippen molar-refractivity contribution in [3.63, 3.8) is 0 Å². The number of aryl methyl sites for hydroxylation is 1. The molecule has 0 unspecified atom stereocenters. The van der Waals surface area contributed by atoms with Crippen LogP contribution in [0.1, 0.15) is 18.5 Å². The molecule has 0 amide bonds. The van der Waals surface area contributed by atoms with Gasteiger partial charge in [-0.3, -0.25) is 4.68 Å². The highest BCUT2D eigenvalue weighted by Crippen LogP contribution is 2.00. The molecule has 0 aliphatic rings. The van der Waals surface area contributed by atoms with E-state index in [9.17, 15) is 0 Å². The second kappa shape index (κ2) is 6.10. The van der Waals surface area contributed by atoms with Gasteiger partial charge < -0.3 is 4.74 Å². The number of hydrogen-bond donors (Lipinski definition) is 0. The number of rotatable bonds is 6. The van der Waals surface area contributed by atoms with E-state index in [-0.39, 0.29) is 0 Å². The maximum absolute atomic E-state index is 4.95. The molecule has 0 radical (unpaired) electrons. The van der Waals surface area contributed by atoms with Crippen LogP contribution in [0.4, 0.5) is 0 Å². The number of aromatic nitrogens is 3. The molecular formula is C8H14BrN3O. The van der Waals surface area contributed by atoms with E-state index in [0.717, 1.165) is 37.0 Å². The van der Waals surface area contributed by atoms with E-state index in [0.29, 0.717) is 0 Å². The highest BCUT2D eigenvalue weighted by molar-refractivity contribution is 9.08. The molecule has 4 nitrogen and oxygen atoms in total. The van der Waals surface area contributed by atoms with Gasteiger partial charge in [0.2, 0.25) is 0 Å². The largest absolute Gasteiger partial charge is 0.385 e. The lowest BCUT2D eigenvalue weighted by molar-refractivity contribution is 0.191. The van der Waals surface area contributed by atoms with E-state index in [1.807, 2.05) is 10.9 Å². The van der Waals surface area contributed by atoms with Crippen LogP contribution in [0.25, 0.3) is 0 Å². The molecule has 1 heterocycles. The summed E-state index contributed by atoms with van der Waals surface area (Å²) in [5, 5.41) is 8.72. The average Bonchev–Trinajstić information content (AvgIpc) is 2.60. The molecule has 13 heavy (non-hydrogen) atoms. The topological polar surface area (TPSA) is 39.9 Å². The van der Waals surface area contributed by atoms with E-state index in [1.165, 1.54) is 0 Å². The second-order valence-corrected chi connectivity index (χ2v) is 3.37. The van der Waals surface area contributed by atoms with Crippen molar-refractivity contribution < 1.29 is 4.74 Å². The Labute approximate surface area is 86.4 Å².